The molecule has 0 fully saturated rings. The Morgan fingerprint density at radius 2 is 1.39 bits per heavy atom. The van der Waals surface area contributed by atoms with Gasteiger partial charge in [0.1, 0.15) is 0 Å². The largest absolute Gasteiger partial charge is 0.467 e. The number of benzene rings is 3. The van der Waals surface area contributed by atoms with Crippen LogP contribution in [0.4, 0.5) is 0 Å². The standard InChI is InChI=1S/C24H22N2O2/c1-28-23(27)24(21-15-9-4-10-16-21)17-26(18-25-24)22(19-11-5-2-6-12-19)20-13-7-3-8-14-20/h2-16,18,22H,17H2,1H3/t24-/m1/s1. The third-order valence-electron chi connectivity index (χ3n) is 5.17. The van der Waals surface area contributed by atoms with Gasteiger partial charge in [-0.1, -0.05) is 91.0 Å². The van der Waals surface area contributed by atoms with Gasteiger partial charge in [-0.15, -0.1) is 0 Å². The van der Waals surface area contributed by atoms with Gasteiger partial charge in [0.05, 0.1) is 26.0 Å². The predicted molar refractivity (Wildman–Crippen MR) is 110 cm³/mol. The van der Waals surface area contributed by atoms with Gasteiger partial charge in [0.25, 0.3) is 0 Å². The van der Waals surface area contributed by atoms with Crippen LogP contribution >= 0.6 is 0 Å². The van der Waals surface area contributed by atoms with Gasteiger partial charge in [0.15, 0.2) is 0 Å². The topological polar surface area (TPSA) is 41.9 Å². The van der Waals surface area contributed by atoms with E-state index in [0.717, 1.165) is 16.7 Å². The van der Waals surface area contributed by atoms with Gasteiger partial charge in [-0.2, -0.15) is 0 Å². The predicted octanol–water partition coefficient (Wildman–Crippen LogP) is 4.19. The van der Waals surface area contributed by atoms with E-state index in [1.807, 2.05) is 66.7 Å². The lowest BCUT2D eigenvalue weighted by molar-refractivity contribution is -0.147. The van der Waals surface area contributed by atoms with Gasteiger partial charge < -0.3 is 9.64 Å². The van der Waals surface area contributed by atoms with E-state index >= 15 is 0 Å². The Balaban J connectivity index is 1.76. The summed E-state index contributed by atoms with van der Waals surface area (Å²) in [5.41, 5.74) is 2.07. The highest BCUT2D eigenvalue weighted by molar-refractivity contribution is 5.87. The van der Waals surface area contributed by atoms with Gasteiger partial charge >= 0.3 is 5.97 Å². The van der Waals surface area contributed by atoms with Crippen LogP contribution in [0.15, 0.2) is 96.0 Å². The lowest BCUT2D eigenvalue weighted by atomic mass is 9.89. The van der Waals surface area contributed by atoms with Crippen LogP contribution < -0.4 is 0 Å². The Hall–Kier alpha value is -3.40. The molecule has 1 aliphatic heterocycles. The van der Waals surface area contributed by atoms with Crippen molar-refractivity contribution in [1.29, 1.82) is 0 Å². The molecule has 0 aromatic heterocycles. The molecular weight excluding hydrogens is 348 g/mol. The molecule has 0 unspecified atom stereocenters. The third-order valence-corrected chi connectivity index (χ3v) is 5.17. The Bertz CT molecular complexity index is 918. The van der Waals surface area contributed by atoms with Gasteiger partial charge in [-0.3, -0.25) is 4.99 Å². The van der Waals surface area contributed by atoms with Crippen LogP contribution in [0.1, 0.15) is 22.7 Å². The van der Waals surface area contributed by atoms with Crippen molar-refractivity contribution in [3.8, 4) is 0 Å². The third kappa shape index (κ3) is 3.18. The maximum Gasteiger partial charge on any atom is 0.340 e. The molecule has 0 N–H and O–H groups in total. The summed E-state index contributed by atoms with van der Waals surface area (Å²) in [6.07, 6.45) is 1.79. The molecule has 0 saturated carbocycles. The summed E-state index contributed by atoms with van der Waals surface area (Å²) in [5.74, 6) is -0.350. The molecule has 1 atom stereocenters. The monoisotopic (exact) mass is 370 g/mol. The Morgan fingerprint density at radius 3 is 1.89 bits per heavy atom. The molecule has 3 aromatic carbocycles. The molecule has 4 rings (SSSR count). The minimum absolute atomic E-state index is 0.0404. The average Bonchev–Trinajstić information content (AvgIpc) is 3.22. The number of rotatable bonds is 5. The maximum absolute atomic E-state index is 12.8. The highest BCUT2D eigenvalue weighted by Crippen LogP contribution is 2.37. The minimum Gasteiger partial charge on any atom is -0.467 e. The van der Waals surface area contributed by atoms with Crippen LogP contribution in [0.2, 0.25) is 0 Å². The molecule has 4 nitrogen and oxygen atoms in total. The summed E-state index contributed by atoms with van der Waals surface area (Å²) < 4.78 is 5.15. The Labute approximate surface area is 165 Å². The van der Waals surface area contributed by atoms with Crippen molar-refractivity contribution < 1.29 is 9.53 Å². The fourth-order valence-electron chi connectivity index (χ4n) is 3.81. The lowest BCUT2D eigenvalue weighted by Crippen LogP contribution is -2.41. The first kappa shape index (κ1) is 18.0. The second kappa shape index (κ2) is 7.69. The molecule has 0 amide bonds. The van der Waals surface area contributed by atoms with Gasteiger partial charge in [-0.05, 0) is 16.7 Å². The van der Waals surface area contributed by atoms with Crippen LogP contribution in [-0.4, -0.2) is 30.9 Å². The first-order valence-electron chi connectivity index (χ1n) is 9.29. The molecule has 140 valence electrons. The van der Waals surface area contributed by atoms with Gasteiger partial charge in [0.2, 0.25) is 5.54 Å². The van der Waals surface area contributed by atoms with Crippen molar-refractivity contribution in [1.82, 2.24) is 4.90 Å². The normalized spacial score (nSPS) is 18.4. The lowest BCUT2D eigenvalue weighted by Gasteiger charge is -2.31. The van der Waals surface area contributed by atoms with Crippen molar-refractivity contribution >= 4 is 12.3 Å². The summed E-state index contributed by atoms with van der Waals surface area (Å²) in [5, 5.41) is 0. The fourth-order valence-corrected chi connectivity index (χ4v) is 3.81. The van der Waals surface area contributed by atoms with E-state index < -0.39 is 5.54 Å². The Kier molecular flexibility index (Phi) is 4.94. The van der Waals surface area contributed by atoms with Crippen LogP contribution in [0.25, 0.3) is 0 Å². The number of methoxy groups -OCH3 is 1. The zero-order valence-corrected chi connectivity index (χ0v) is 15.7. The number of hydrogen-bond donors (Lipinski definition) is 0. The molecule has 0 spiro atoms. The van der Waals surface area contributed by atoms with Gasteiger partial charge in [0, 0.05) is 0 Å². The number of aliphatic imine (C=N–C) groups is 1. The molecular formula is C24H22N2O2. The summed E-state index contributed by atoms with van der Waals surface area (Å²) in [7, 11) is 1.41. The van der Waals surface area contributed by atoms with Crippen LogP contribution in [0, 0.1) is 0 Å². The highest BCUT2D eigenvalue weighted by Gasteiger charge is 2.47. The number of ether oxygens (including phenoxy) is 1. The van der Waals surface area contributed by atoms with E-state index in [4.69, 9.17) is 4.74 Å². The molecule has 0 bridgehead atoms. The van der Waals surface area contributed by atoms with Crippen molar-refractivity contribution in [2.75, 3.05) is 13.7 Å². The van der Waals surface area contributed by atoms with E-state index in [0.29, 0.717) is 6.54 Å². The zero-order chi connectivity index (χ0) is 19.4. The van der Waals surface area contributed by atoms with E-state index in [1.54, 1.807) is 6.34 Å². The summed E-state index contributed by atoms with van der Waals surface area (Å²) in [4.78, 5) is 19.6. The SMILES string of the molecule is COC(=O)[C@]1(c2ccccc2)CN(C(c2ccccc2)c2ccccc2)C=N1. The molecule has 4 heteroatoms. The second-order valence-corrected chi connectivity index (χ2v) is 6.86. The molecule has 28 heavy (non-hydrogen) atoms. The number of carbonyl (C=O) groups excluding carboxylic acids is 1. The zero-order valence-electron chi connectivity index (χ0n) is 15.7. The smallest absolute Gasteiger partial charge is 0.340 e. The molecule has 0 radical (unpaired) electrons. The Morgan fingerprint density at radius 1 is 0.893 bits per heavy atom. The van der Waals surface area contributed by atoms with E-state index in [-0.39, 0.29) is 12.0 Å². The summed E-state index contributed by atoms with van der Waals surface area (Å²) in [6, 6.07) is 30.1. The second-order valence-electron chi connectivity index (χ2n) is 6.86. The molecule has 3 aromatic rings. The van der Waals surface area contributed by atoms with Crippen LogP contribution in [0.5, 0.6) is 0 Å². The maximum atomic E-state index is 12.8. The molecule has 1 aliphatic rings. The summed E-state index contributed by atoms with van der Waals surface area (Å²) in [6.45, 7) is 0.415. The van der Waals surface area contributed by atoms with Gasteiger partial charge in [-0.25, -0.2) is 4.79 Å². The van der Waals surface area contributed by atoms with Crippen molar-refractivity contribution in [3.05, 3.63) is 108 Å². The van der Waals surface area contributed by atoms with Crippen molar-refractivity contribution in [3.63, 3.8) is 0 Å². The quantitative estimate of drug-likeness (QED) is 0.633. The molecule has 0 saturated heterocycles. The number of nitrogens with zero attached hydrogens (tertiary/aromatic N) is 2. The highest BCUT2D eigenvalue weighted by atomic mass is 16.5. The first-order valence-corrected chi connectivity index (χ1v) is 9.29. The minimum atomic E-state index is -1.06. The van der Waals surface area contributed by atoms with Crippen LogP contribution in [-0.2, 0) is 15.1 Å². The van der Waals surface area contributed by atoms with E-state index in [2.05, 4.69) is 34.2 Å². The number of hydrogen-bond acceptors (Lipinski definition) is 4. The fraction of sp³-hybridized carbons (Fsp3) is 0.167. The number of carbonyl (C=O) groups is 1. The van der Waals surface area contributed by atoms with E-state index in [9.17, 15) is 4.79 Å². The number of esters is 1. The average molecular weight is 370 g/mol. The molecule has 0 aliphatic carbocycles. The molecule has 1 heterocycles. The van der Waals surface area contributed by atoms with Crippen molar-refractivity contribution in [2.45, 2.75) is 11.6 Å². The van der Waals surface area contributed by atoms with Crippen molar-refractivity contribution in [2.24, 2.45) is 4.99 Å². The van der Waals surface area contributed by atoms with Crippen LogP contribution in [0.3, 0.4) is 0 Å². The summed E-state index contributed by atoms with van der Waals surface area (Å²) >= 11 is 0. The van der Waals surface area contributed by atoms with E-state index in [1.165, 1.54) is 7.11 Å². The first-order chi connectivity index (χ1) is 13.7.